The van der Waals surface area contributed by atoms with Gasteiger partial charge in [-0.3, -0.25) is 0 Å². The van der Waals surface area contributed by atoms with Crippen LogP contribution in [0.4, 0.5) is 0 Å². The van der Waals surface area contributed by atoms with Crippen molar-refractivity contribution in [2.24, 2.45) is 0 Å². The van der Waals surface area contributed by atoms with Crippen LogP contribution in [0, 0.1) is 0 Å². The summed E-state index contributed by atoms with van der Waals surface area (Å²) in [5.74, 6) is -2.05. The zero-order valence-electron chi connectivity index (χ0n) is 8.68. The first kappa shape index (κ1) is 11.4. The molecule has 0 saturated heterocycles. The highest BCUT2D eigenvalue weighted by Gasteiger charge is 2.24. The van der Waals surface area contributed by atoms with Gasteiger partial charge in [-0.1, -0.05) is 11.6 Å². The van der Waals surface area contributed by atoms with Crippen LogP contribution < -0.4 is 0 Å². The van der Waals surface area contributed by atoms with Gasteiger partial charge in [-0.05, 0) is 12.1 Å². The molecule has 0 atom stereocenters. The Hall–Kier alpha value is -2.08. The van der Waals surface area contributed by atoms with Crippen LogP contribution in [0.25, 0.3) is 5.52 Å². The van der Waals surface area contributed by atoms with Gasteiger partial charge >= 0.3 is 11.9 Å². The molecule has 0 fully saturated rings. The summed E-state index contributed by atoms with van der Waals surface area (Å²) in [6.07, 6.45) is 1.41. The van der Waals surface area contributed by atoms with Crippen molar-refractivity contribution in [3.8, 4) is 0 Å². The van der Waals surface area contributed by atoms with Crippen molar-refractivity contribution in [2.45, 2.75) is 0 Å². The molecule has 7 heteroatoms. The molecule has 1 N–H and O–H groups in total. The number of aromatic carboxylic acids is 1. The Bertz CT molecular complexity index is 620. The predicted molar refractivity (Wildman–Crippen MR) is 58.5 cm³/mol. The van der Waals surface area contributed by atoms with Crippen molar-refractivity contribution < 1.29 is 19.4 Å². The minimum Gasteiger partial charge on any atom is -0.478 e. The number of hydrogen-bond acceptors (Lipinski definition) is 4. The van der Waals surface area contributed by atoms with Gasteiger partial charge in [0.15, 0.2) is 5.69 Å². The van der Waals surface area contributed by atoms with Gasteiger partial charge < -0.3 is 9.84 Å². The number of ether oxygens (including phenoxy) is 1. The molecule has 17 heavy (non-hydrogen) atoms. The summed E-state index contributed by atoms with van der Waals surface area (Å²) in [5.41, 5.74) is -0.168. The Labute approximate surface area is 100 Å². The van der Waals surface area contributed by atoms with Crippen LogP contribution >= 0.6 is 11.6 Å². The van der Waals surface area contributed by atoms with Crippen molar-refractivity contribution >= 4 is 29.1 Å². The lowest BCUT2D eigenvalue weighted by Crippen LogP contribution is -2.08. The van der Waals surface area contributed by atoms with Crippen molar-refractivity contribution in [3.05, 3.63) is 34.6 Å². The van der Waals surface area contributed by atoms with Crippen LogP contribution in [0.1, 0.15) is 20.8 Å². The third-order valence-electron chi connectivity index (χ3n) is 2.19. The van der Waals surface area contributed by atoms with Crippen LogP contribution in [-0.2, 0) is 4.74 Å². The second kappa shape index (κ2) is 4.06. The first-order valence-corrected chi connectivity index (χ1v) is 4.92. The highest BCUT2D eigenvalue weighted by Crippen LogP contribution is 2.19. The Morgan fingerprint density at radius 1 is 1.47 bits per heavy atom. The van der Waals surface area contributed by atoms with Gasteiger partial charge in [-0.25, -0.2) is 14.1 Å². The van der Waals surface area contributed by atoms with E-state index in [4.69, 9.17) is 16.7 Å². The summed E-state index contributed by atoms with van der Waals surface area (Å²) in [7, 11) is 1.16. The summed E-state index contributed by atoms with van der Waals surface area (Å²) >= 11 is 5.75. The number of rotatable bonds is 2. The van der Waals surface area contributed by atoms with Crippen molar-refractivity contribution in [3.63, 3.8) is 0 Å². The van der Waals surface area contributed by atoms with Crippen LogP contribution in [0.15, 0.2) is 18.3 Å². The summed E-state index contributed by atoms with van der Waals surface area (Å²) in [6, 6.07) is 3.00. The quantitative estimate of drug-likeness (QED) is 0.821. The first-order chi connectivity index (χ1) is 8.04. The van der Waals surface area contributed by atoms with E-state index in [2.05, 4.69) is 9.84 Å². The van der Waals surface area contributed by atoms with Gasteiger partial charge in [0, 0.05) is 6.20 Å². The van der Waals surface area contributed by atoms with Crippen LogP contribution in [-0.4, -0.2) is 33.8 Å². The number of hydrogen-bond donors (Lipinski definition) is 1. The van der Waals surface area contributed by atoms with Crippen molar-refractivity contribution in [2.75, 3.05) is 7.11 Å². The maximum atomic E-state index is 11.4. The number of esters is 1. The number of carbonyl (C=O) groups is 2. The molecule has 6 nitrogen and oxygen atoms in total. The maximum Gasteiger partial charge on any atom is 0.359 e. The standard InChI is InChI=1S/C10H7ClN2O4/c1-17-10(16)8-7(9(14)15)6-3-2-5(11)4-13(6)12-8/h2-4H,1H3,(H,14,15). The van der Waals surface area contributed by atoms with Gasteiger partial charge in [0.2, 0.25) is 0 Å². The molecule has 0 aliphatic rings. The molecule has 0 aliphatic heterocycles. The average Bonchev–Trinajstić information content (AvgIpc) is 2.66. The van der Waals surface area contributed by atoms with Crippen molar-refractivity contribution in [1.29, 1.82) is 0 Å². The second-order valence-corrected chi connectivity index (χ2v) is 3.63. The van der Waals surface area contributed by atoms with Crippen LogP contribution in [0.2, 0.25) is 5.02 Å². The van der Waals surface area contributed by atoms with Crippen molar-refractivity contribution in [1.82, 2.24) is 9.61 Å². The molecule has 0 spiro atoms. The van der Waals surface area contributed by atoms with Gasteiger partial charge in [0.1, 0.15) is 5.56 Å². The van der Waals surface area contributed by atoms with E-state index in [1.807, 2.05) is 0 Å². The monoisotopic (exact) mass is 254 g/mol. The molecule has 0 saturated carbocycles. The third-order valence-corrected chi connectivity index (χ3v) is 2.41. The molecule has 88 valence electrons. The fraction of sp³-hybridized carbons (Fsp3) is 0.100. The van der Waals surface area contributed by atoms with Gasteiger partial charge in [-0.15, -0.1) is 0 Å². The van der Waals surface area contributed by atoms with E-state index in [9.17, 15) is 9.59 Å². The van der Waals surface area contributed by atoms with E-state index >= 15 is 0 Å². The Balaban J connectivity index is 2.79. The van der Waals surface area contributed by atoms with E-state index in [0.29, 0.717) is 5.02 Å². The van der Waals surface area contributed by atoms with E-state index in [-0.39, 0.29) is 16.8 Å². The summed E-state index contributed by atoms with van der Waals surface area (Å²) in [6.45, 7) is 0. The largest absolute Gasteiger partial charge is 0.478 e. The first-order valence-electron chi connectivity index (χ1n) is 4.54. The second-order valence-electron chi connectivity index (χ2n) is 3.20. The number of halogens is 1. The fourth-order valence-electron chi connectivity index (χ4n) is 1.47. The molecule has 0 amide bonds. The number of aromatic nitrogens is 2. The number of carboxylic acid groups (broad SMARTS) is 1. The molecule has 2 aromatic heterocycles. The highest BCUT2D eigenvalue weighted by atomic mass is 35.5. The van der Waals surface area contributed by atoms with Gasteiger partial charge in [0.05, 0.1) is 17.6 Å². The molecular weight excluding hydrogens is 248 g/mol. The van der Waals surface area contributed by atoms with Crippen LogP contribution in [0.3, 0.4) is 0 Å². The van der Waals surface area contributed by atoms with E-state index in [0.717, 1.165) is 7.11 Å². The smallest absolute Gasteiger partial charge is 0.359 e. The third kappa shape index (κ3) is 1.83. The lowest BCUT2D eigenvalue weighted by molar-refractivity contribution is 0.0577. The molecule has 0 radical (unpaired) electrons. The number of carbonyl (C=O) groups excluding carboxylic acids is 1. The van der Waals surface area contributed by atoms with E-state index < -0.39 is 11.9 Å². The Kier molecular flexibility index (Phi) is 2.72. The van der Waals surface area contributed by atoms with Gasteiger partial charge in [0.25, 0.3) is 0 Å². The summed E-state index contributed by atoms with van der Waals surface area (Å²) in [4.78, 5) is 22.5. The predicted octanol–water partition coefficient (Wildman–Crippen LogP) is 1.47. The molecular formula is C10H7ClN2O4. The number of nitrogens with zero attached hydrogens (tertiary/aromatic N) is 2. The van der Waals surface area contributed by atoms with Crippen LogP contribution in [0.5, 0.6) is 0 Å². The molecule has 0 aliphatic carbocycles. The number of pyridine rings is 1. The minimum absolute atomic E-state index is 0.200. The number of carboxylic acids is 1. The maximum absolute atomic E-state index is 11.4. The summed E-state index contributed by atoms with van der Waals surface area (Å²) < 4.78 is 5.71. The molecule has 0 unspecified atom stereocenters. The van der Waals surface area contributed by atoms with E-state index in [1.165, 1.54) is 22.8 Å². The molecule has 2 heterocycles. The minimum atomic E-state index is -1.25. The fourth-order valence-corrected chi connectivity index (χ4v) is 1.63. The number of methoxy groups -OCH3 is 1. The normalized spacial score (nSPS) is 10.5. The molecule has 2 rings (SSSR count). The SMILES string of the molecule is COC(=O)c1nn2cc(Cl)ccc2c1C(=O)O. The molecule has 0 aromatic carbocycles. The zero-order valence-corrected chi connectivity index (χ0v) is 9.43. The van der Waals surface area contributed by atoms with E-state index in [1.54, 1.807) is 0 Å². The Morgan fingerprint density at radius 3 is 2.76 bits per heavy atom. The lowest BCUT2D eigenvalue weighted by atomic mass is 10.2. The molecule has 0 bridgehead atoms. The molecule has 2 aromatic rings. The highest BCUT2D eigenvalue weighted by molar-refractivity contribution is 6.30. The summed E-state index contributed by atoms with van der Waals surface area (Å²) in [5, 5.41) is 13.3. The zero-order chi connectivity index (χ0) is 12.6. The topological polar surface area (TPSA) is 80.9 Å². The van der Waals surface area contributed by atoms with Gasteiger partial charge in [-0.2, -0.15) is 5.10 Å². The Morgan fingerprint density at radius 2 is 2.18 bits per heavy atom. The lowest BCUT2D eigenvalue weighted by Gasteiger charge is -1.95. The average molecular weight is 255 g/mol. The number of fused-ring (bicyclic) bond motifs is 1.